The van der Waals surface area contributed by atoms with Crippen molar-refractivity contribution >= 4 is 23.4 Å². The Kier molecular flexibility index (Phi) is 6.18. The van der Waals surface area contributed by atoms with Crippen molar-refractivity contribution in [2.45, 2.75) is 57.8 Å². The van der Waals surface area contributed by atoms with Crippen molar-refractivity contribution in [1.29, 1.82) is 0 Å². The summed E-state index contributed by atoms with van der Waals surface area (Å²) in [4.78, 5) is 40.9. The lowest BCUT2D eigenvalue weighted by Crippen LogP contribution is -2.41. The maximum atomic E-state index is 13.0. The Bertz CT molecular complexity index is 680. The van der Waals surface area contributed by atoms with Crippen LogP contribution in [0.2, 0.25) is 0 Å². The zero-order valence-corrected chi connectivity index (χ0v) is 17.2. The summed E-state index contributed by atoms with van der Waals surface area (Å²) >= 11 is 0. The van der Waals surface area contributed by atoms with Crippen molar-refractivity contribution in [3.63, 3.8) is 0 Å². The lowest BCUT2D eigenvalue weighted by molar-refractivity contribution is -0.135. The molecule has 3 aliphatic heterocycles. The summed E-state index contributed by atoms with van der Waals surface area (Å²) in [6.07, 6.45) is 8.05. The Morgan fingerprint density at radius 2 is 1.86 bits per heavy atom. The van der Waals surface area contributed by atoms with Gasteiger partial charge >= 0.3 is 0 Å². The van der Waals surface area contributed by atoms with Crippen LogP contribution in [-0.2, 0) is 19.1 Å². The van der Waals surface area contributed by atoms with Crippen LogP contribution in [0.15, 0.2) is 5.10 Å². The van der Waals surface area contributed by atoms with E-state index < -0.39 is 0 Å². The van der Waals surface area contributed by atoms with Gasteiger partial charge in [0.1, 0.15) is 5.71 Å². The van der Waals surface area contributed by atoms with Crippen LogP contribution in [0.1, 0.15) is 57.8 Å². The van der Waals surface area contributed by atoms with Crippen molar-refractivity contribution in [1.82, 2.24) is 15.2 Å². The Morgan fingerprint density at radius 1 is 1.10 bits per heavy atom. The van der Waals surface area contributed by atoms with Crippen LogP contribution >= 0.6 is 0 Å². The fourth-order valence-corrected chi connectivity index (χ4v) is 5.49. The maximum Gasteiger partial charge on any atom is 0.270 e. The lowest BCUT2D eigenvalue weighted by Gasteiger charge is -2.38. The van der Waals surface area contributed by atoms with Gasteiger partial charge in [-0.05, 0) is 30.6 Å². The molecule has 1 saturated carbocycles. The zero-order chi connectivity index (χ0) is 20.3. The third kappa shape index (κ3) is 4.47. The number of hydrazone groups is 1. The van der Waals surface area contributed by atoms with Crippen LogP contribution in [0.4, 0.5) is 0 Å². The van der Waals surface area contributed by atoms with E-state index in [1.165, 1.54) is 19.3 Å². The monoisotopic (exact) mass is 404 g/mol. The van der Waals surface area contributed by atoms with E-state index in [1.54, 1.807) is 0 Å². The summed E-state index contributed by atoms with van der Waals surface area (Å²) in [5.74, 6) is 0.391. The van der Waals surface area contributed by atoms with E-state index in [0.29, 0.717) is 63.7 Å². The third-order valence-electron chi connectivity index (χ3n) is 7.17. The SMILES string of the molecule is O=C1CCC(C(=O)N2CC(CCC(=O)N3CCOCC3)C3(CCCCC3)C2)=NN1. The summed E-state index contributed by atoms with van der Waals surface area (Å²) < 4.78 is 5.35. The molecule has 0 aromatic heterocycles. The van der Waals surface area contributed by atoms with Crippen LogP contribution in [-0.4, -0.2) is 72.6 Å². The minimum atomic E-state index is -0.133. The molecule has 8 nitrogen and oxygen atoms in total. The normalized spacial score (nSPS) is 27.0. The molecule has 0 aromatic rings. The predicted molar refractivity (Wildman–Crippen MR) is 107 cm³/mol. The molecule has 0 radical (unpaired) electrons. The second kappa shape index (κ2) is 8.81. The number of likely N-dealkylation sites (tertiary alicyclic amines) is 1. The molecule has 4 aliphatic rings. The molecule has 0 aromatic carbocycles. The minimum absolute atomic E-state index is 0.0445. The molecule has 1 atom stereocenters. The highest BCUT2D eigenvalue weighted by molar-refractivity contribution is 6.39. The van der Waals surface area contributed by atoms with Crippen molar-refractivity contribution < 1.29 is 19.1 Å². The maximum absolute atomic E-state index is 13.0. The highest BCUT2D eigenvalue weighted by Gasteiger charge is 2.48. The number of amides is 3. The summed E-state index contributed by atoms with van der Waals surface area (Å²) in [6.45, 7) is 4.08. The number of carbonyl (C=O) groups excluding carboxylic acids is 3. The van der Waals surface area contributed by atoms with E-state index in [2.05, 4.69) is 10.5 Å². The Hall–Kier alpha value is -1.96. The van der Waals surface area contributed by atoms with Gasteiger partial charge in [-0.25, -0.2) is 5.43 Å². The highest BCUT2D eigenvalue weighted by atomic mass is 16.5. The Labute approximate surface area is 172 Å². The summed E-state index contributed by atoms with van der Waals surface area (Å²) in [7, 11) is 0. The van der Waals surface area contributed by atoms with E-state index >= 15 is 0 Å². The first-order valence-corrected chi connectivity index (χ1v) is 11.1. The van der Waals surface area contributed by atoms with Crippen LogP contribution in [0.25, 0.3) is 0 Å². The van der Waals surface area contributed by atoms with Gasteiger partial charge in [0.15, 0.2) is 0 Å². The largest absolute Gasteiger partial charge is 0.378 e. The smallest absolute Gasteiger partial charge is 0.270 e. The fourth-order valence-electron chi connectivity index (χ4n) is 5.49. The first kappa shape index (κ1) is 20.3. The van der Waals surface area contributed by atoms with Crippen LogP contribution in [0, 0.1) is 11.3 Å². The van der Waals surface area contributed by atoms with Crippen molar-refractivity contribution in [2.24, 2.45) is 16.4 Å². The molecule has 2 saturated heterocycles. The number of morpholine rings is 1. The molecule has 160 valence electrons. The van der Waals surface area contributed by atoms with Gasteiger partial charge in [0.05, 0.1) is 13.2 Å². The summed E-state index contributed by atoms with van der Waals surface area (Å²) in [6, 6.07) is 0. The highest BCUT2D eigenvalue weighted by Crippen LogP contribution is 2.49. The quantitative estimate of drug-likeness (QED) is 0.765. The minimum Gasteiger partial charge on any atom is -0.378 e. The first-order valence-electron chi connectivity index (χ1n) is 11.1. The predicted octanol–water partition coefficient (Wildman–Crippen LogP) is 1.30. The lowest BCUT2D eigenvalue weighted by atomic mass is 9.66. The number of ether oxygens (including phenoxy) is 1. The topological polar surface area (TPSA) is 91.3 Å². The Morgan fingerprint density at radius 3 is 2.55 bits per heavy atom. The standard InChI is InChI=1S/C21H32N4O4/c26-18-6-5-17(22-23-18)20(28)25-14-16(21(15-25)8-2-1-3-9-21)4-7-19(27)24-10-12-29-13-11-24/h16H,1-15H2,(H,23,26). The molecule has 29 heavy (non-hydrogen) atoms. The number of nitrogens with one attached hydrogen (secondary N) is 1. The summed E-state index contributed by atoms with van der Waals surface area (Å²) in [5.41, 5.74) is 3.03. The number of carbonyl (C=O) groups is 3. The molecule has 3 fully saturated rings. The van der Waals surface area contributed by atoms with Gasteiger partial charge in [0.25, 0.3) is 5.91 Å². The van der Waals surface area contributed by atoms with Gasteiger partial charge in [-0.15, -0.1) is 0 Å². The fraction of sp³-hybridized carbons (Fsp3) is 0.810. The van der Waals surface area contributed by atoms with Crippen molar-refractivity contribution in [2.75, 3.05) is 39.4 Å². The molecule has 1 unspecified atom stereocenters. The molecule has 3 amide bonds. The van der Waals surface area contributed by atoms with Crippen LogP contribution < -0.4 is 5.43 Å². The van der Waals surface area contributed by atoms with E-state index in [1.807, 2.05) is 9.80 Å². The van der Waals surface area contributed by atoms with Crippen LogP contribution in [0.3, 0.4) is 0 Å². The van der Waals surface area contributed by atoms with Crippen molar-refractivity contribution in [3.8, 4) is 0 Å². The second-order valence-corrected chi connectivity index (χ2v) is 8.93. The van der Waals surface area contributed by atoms with Gasteiger partial charge in [-0.3, -0.25) is 14.4 Å². The molecule has 8 heteroatoms. The molecular formula is C21H32N4O4. The number of hydrogen-bond donors (Lipinski definition) is 1. The van der Waals surface area contributed by atoms with E-state index in [-0.39, 0.29) is 23.1 Å². The zero-order valence-electron chi connectivity index (χ0n) is 17.2. The molecule has 0 bridgehead atoms. The van der Waals surface area contributed by atoms with E-state index in [9.17, 15) is 14.4 Å². The molecule has 1 N–H and O–H groups in total. The van der Waals surface area contributed by atoms with Gasteiger partial charge in [-0.1, -0.05) is 19.3 Å². The third-order valence-corrected chi connectivity index (χ3v) is 7.17. The van der Waals surface area contributed by atoms with E-state index in [4.69, 9.17) is 4.74 Å². The van der Waals surface area contributed by atoms with E-state index in [0.717, 1.165) is 25.8 Å². The molecule has 1 aliphatic carbocycles. The molecule has 4 rings (SSSR count). The molecular weight excluding hydrogens is 372 g/mol. The summed E-state index contributed by atoms with van der Waals surface area (Å²) in [5, 5.41) is 4.00. The number of hydrogen-bond acceptors (Lipinski definition) is 5. The van der Waals surface area contributed by atoms with Gasteiger partial charge < -0.3 is 14.5 Å². The van der Waals surface area contributed by atoms with Gasteiger partial charge in [-0.2, -0.15) is 5.10 Å². The molecule has 3 heterocycles. The first-order chi connectivity index (χ1) is 14.1. The van der Waals surface area contributed by atoms with Crippen LogP contribution in [0.5, 0.6) is 0 Å². The number of rotatable bonds is 4. The second-order valence-electron chi connectivity index (χ2n) is 8.93. The van der Waals surface area contributed by atoms with Crippen molar-refractivity contribution in [3.05, 3.63) is 0 Å². The Balaban J connectivity index is 1.41. The average molecular weight is 405 g/mol. The number of nitrogens with zero attached hydrogens (tertiary/aromatic N) is 3. The average Bonchev–Trinajstić information content (AvgIpc) is 3.10. The van der Waals surface area contributed by atoms with Gasteiger partial charge in [0, 0.05) is 45.4 Å². The van der Waals surface area contributed by atoms with Gasteiger partial charge in [0.2, 0.25) is 11.8 Å². The molecule has 1 spiro atoms.